The third-order valence-corrected chi connectivity index (χ3v) is 5.75. The fraction of sp³-hybridized carbons (Fsp3) is 0.200. The van der Waals surface area contributed by atoms with Crippen LogP contribution in [0.5, 0.6) is 0 Å². The first-order chi connectivity index (χ1) is 15.0. The van der Waals surface area contributed by atoms with Gasteiger partial charge in [0, 0.05) is 47.8 Å². The van der Waals surface area contributed by atoms with Crippen molar-refractivity contribution in [3.63, 3.8) is 0 Å². The van der Waals surface area contributed by atoms with Crippen LogP contribution in [0.15, 0.2) is 67.0 Å². The Hall–Kier alpha value is -3.25. The zero-order valence-electron chi connectivity index (χ0n) is 17.7. The molecule has 0 amide bonds. The fourth-order valence-corrected chi connectivity index (χ4v) is 4.08. The number of thiocarbonyl (C=S) groups is 1. The number of pyridine rings is 1. The molecule has 4 rings (SSSR count). The molecule has 6 heteroatoms. The van der Waals surface area contributed by atoms with Gasteiger partial charge in [0.1, 0.15) is 5.82 Å². The molecule has 0 saturated carbocycles. The Morgan fingerprint density at radius 1 is 1.10 bits per heavy atom. The van der Waals surface area contributed by atoms with Gasteiger partial charge in [0.05, 0.1) is 0 Å². The molecule has 0 fully saturated rings. The molecule has 2 N–H and O–H groups in total. The molecule has 2 heterocycles. The number of nitrogens with one attached hydrogen (secondary N) is 2. The van der Waals surface area contributed by atoms with Crippen LogP contribution in [0.1, 0.15) is 22.4 Å². The summed E-state index contributed by atoms with van der Waals surface area (Å²) >= 11 is 5.78. The minimum absolute atomic E-state index is 0.224. The van der Waals surface area contributed by atoms with Gasteiger partial charge in [0.2, 0.25) is 0 Å². The molecule has 31 heavy (non-hydrogen) atoms. The number of hydrogen-bond donors (Lipinski definition) is 2. The topological polar surface area (TPSA) is 44.0 Å². The Balaban J connectivity index is 1.56. The standard InChI is InChI=1S/C25H25FN4S/c1-17-4-3-5-21(14-17)29-25(31)30(16-19-8-11-27-12-9-19)13-10-22-18(2)28-24-7-6-20(26)15-23(22)24/h3-9,11-12,14-15,28H,10,13,16H2,1-2H3,(H,29,31). The Morgan fingerprint density at radius 3 is 2.68 bits per heavy atom. The number of aromatic amines is 1. The molecule has 0 radical (unpaired) electrons. The summed E-state index contributed by atoms with van der Waals surface area (Å²) in [6.07, 6.45) is 4.32. The molecule has 0 aliphatic heterocycles. The van der Waals surface area contributed by atoms with E-state index in [1.807, 2.05) is 31.2 Å². The fourth-order valence-electron chi connectivity index (χ4n) is 3.81. The first-order valence-corrected chi connectivity index (χ1v) is 10.7. The van der Waals surface area contributed by atoms with Gasteiger partial charge in [-0.3, -0.25) is 4.98 Å². The molecule has 0 atom stereocenters. The van der Waals surface area contributed by atoms with E-state index in [1.54, 1.807) is 24.5 Å². The third kappa shape index (κ3) is 5.09. The molecule has 0 spiro atoms. The summed E-state index contributed by atoms with van der Waals surface area (Å²) < 4.78 is 13.9. The van der Waals surface area contributed by atoms with Crippen molar-refractivity contribution < 1.29 is 4.39 Å². The SMILES string of the molecule is Cc1cccc(NC(=S)N(CCc2c(C)[nH]c3ccc(F)cc23)Cc2ccncc2)c1. The Labute approximate surface area is 187 Å². The largest absolute Gasteiger partial charge is 0.358 e. The minimum atomic E-state index is -0.224. The summed E-state index contributed by atoms with van der Waals surface area (Å²) in [5.74, 6) is -0.224. The second kappa shape index (κ2) is 9.27. The molecule has 2 aromatic heterocycles. The van der Waals surface area contributed by atoms with Crippen LogP contribution in [-0.4, -0.2) is 26.5 Å². The summed E-state index contributed by atoms with van der Waals surface area (Å²) in [4.78, 5) is 9.61. The van der Waals surface area contributed by atoms with E-state index in [2.05, 4.69) is 39.2 Å². The Morgan fingerprint density at radius 2 is 1.90 bits per heavy atom. The van der Waals surface area contributed by atoms with Crippen LogP contribution in [0.25, 0.3) is 10.9 Å². The average molecular weight is 433 g/mol. The summed E-state index contributed by atoms with van der Waals surface area (Å²) in [6, 6.07) is 17.0. The normalized spacial score (nSPS) is 10.9. The van der Waals surface area contributed by atoms with Crippen molar-refractivity contribution >= 4 is 33.9 Å². The number of halogens is 1. The lowest BCUT2D eigenvalue weighted by Crippen LogP contribution is -2.36. The molecule has 0 unspecified atom stereocenters. The van der Waals surface area contributed by atoms with Crippen LogP contribution in [0.2, 0.25) is 0 Å². The van der Waals surface area contributed by atoms with Crippen molar-refractivity contribution in [3.8, 4) is 0 Å². The molecule has 4 aromatic rings. The number of hydrogen-bond acceptors (Lipinski definition) is 2. The highest BCUT2D eigenvalue weighted by Gasteiger charge is 2.15. The number of H-pyrrole nitrogens is 1. The molecular formula is C25H25FN4S. The number of rotatable bonds is 6. The molecular weight excluding hydrogens is 407 g/mol. The van der Waals surface area contributed by atoms with E-state index >= 15 is 0 Å². The van der Waals surface area contributed by atoms with Crippen molar-refractivity contribution in [1.29, 1.82) is 0 Å². The minimum Gasteiger partial charge on any atom is -0.358 e. The predicted octanol–water partition coefficient (Wildman–Crippen LogP) is 5.76. The molecule has 4 nitrogen and oxygen atoms in total. The highest BCUT2D eigenvalue weighted by atomic mass is 32.1. The predicted molar refractivity (Wildman–Crippen MR) is 129 cm³/mol. The van der Waals surface area contributed by atoms with E-state index in [1.165, 1.54) is 11.6 Å². The highest BCUT2D eigenvalue weighted by Crippen LogP contribution is 2.24. The second-order valence-corrected chi connectivity index (χ2v) is 8.13. The van der Waals surface area contributed by atoms with Gasteiger partial charge < -0.3 is 15.2 Å². The number of anilines is 1. The number of fused-ring (bicyclic) bond motifs is 1. The molecule has 0 aliphatic rings. The third-order valence-electron chi connectivity index (χ3n) is 5.39. The second-order valence-electron chi connectivity index (χ2n) is 7.75. The van der Waals surface area contributed by atoms with Crippen molar-refractivity contribution in [2.45, 2.75) is 26.8 Å². The van der Waals surface area contributed by atoms with Crippen LogP contribution in [0.3, 0.4) is 0 Å². The van der Waals surface area contributed by atoms with Crippen LogP contribution >= 0.6 is 12.2 Å². The van der Waals surface area contributed by atoms with Gasteiger partial charge in [-0.25, -0.2) is 4.39 Å². The molecule has 2 aromatic carbocycles. The van der Waals surface area contributed by atoms with Crippen molar-refractivity contribution in [1.82, 2.24) is 14.9 Å². The van der Waals surface area contributed by atoms with Crippen molar-refractivity contribution in [3.05, 3.63) is 95.2 Å². The van der Waals surface area contributed by atoms with Crippen molar-refractivity contribution in [2.24, 2.45) is 0 Å². The van der Waals surface area contributed by atoms with Gasteiger partial charge in [-0.1, -0.05) is 12.1 Å². The zero-order chi connectivity index (χ0) is 21.8. The monoisotopic (exact) mass is 432 g/mol. The van der Waals surface area contributed by atoms with Gasteiger partial charge in [-0.05, 0) is 91.6 Å². The van der Waals surface area contributed by atoms with Crippen LogP contribution < -0.4 is 5.32 Å². The number of benzene rings is 2. The summed E-state index contributed by atoms with van der Waals surface area (Å²) in [6.45, 7) is 5.45. The van der Waals surface area contributed by atoms with Gasteiger partial charge in [-0.15, -0.1) is 0 Å². The summed E-state index contributed by atoms with van der Waals surface area (Å²) in [5, 5.41) is 4.96. The van der Waals surface area contributed by atoms with E-state index in [0.29, 0.717) is 18.2 Å². The van der Waals surface area contributed by atoms with E-state index in [9.17, 15) is 4.39 Å². The maximum absolute atomic E-state index is 13.9. The Bertz CT molecular complexity index is 1200. The van der Waals surface area contributed by atoms with E-state index in [0.717, 1.165) is 39.8 Å². The molecule has 0 bridgehead atoms. The maximum Gasteiger partial charge on any atom is 0.173 e. The first kappa shape index (κ1) is 21.0. The van der Waals surface area contributed by atoms with Gasteiger partial charge in [0.25, 0.3) is 0 Å². The van der Waals surface area contributed by atoms with Gasteiger partial charge in [0.15, 0.2) is 5.11 Å². The van der Waals surface area contributed by atoms with Gasteiger partial charge in [-0.2, -0.15) is 0 Å². The number of aryl methyl sites for hydroxylation is 2. The van der Waals surface area contributed by atoms with E-state index < -0.39 is 0 Å². The first-order valence-electron chi connectivity index (χ1n) is 10.3. The van der Waals surface area contributed by atoms with Crippen LogP contribution in [0, 0.1) is 19.7 Å². The van der Waals surface area contributed by atoms with E-state index in [-0.39, 0.29) is 5.82 Å². The average Bonchev–Trinajstić information content (AvgIpc) is 3.06. The molecule has 0 aliphatic carbocycles. The number of aromatic nitrogens is 2. The van der Waals surface area contributed by atoms with Gasteiger partial charge >= 0.3 is 0 Å². The molecule has 158 valence electrons. The molecule has 0 saturated heterocycles. The van der Waals surface area contributed by atoms with Crippen molar-refractivity contribution in [2.75, 3.05) is 11.9 Å². The van der Waals surface area contributed by atoms with E-state index in [4.69, 9.17) is 12.2 Å². The van der Waals surface area contributed by atoms with Crippen LogP contribution in [-0.2, 0) is 13.0 Å². The summed E-state index contributed by atoms with van der Waals surface area (Å²) in [5.41, 5.74) is 6.40. The highest BCUT2D eigenvalue weighted by molar-refractivity contribution is 7.80. The lowest BCUT2D eigenvalue weighted by atomic mass is 10.1. The zero-order valence-corrected chi connectivity index (χ0v) is 18.5. The summed E-state index contributed by atoms with van der Waals surface area (Å²) in [7, 11) is 0. The van der Waals surface area contributed by atoms with Crippen LogP contribution in [0.4, 0.5) is 10.1 Å². The quantitative estimate of drug-likeness (QED) is 0.380. The lowest BCUT2D eigenvalue weighted by Gasteiger charge is -2.26. The lowest BCUT2D eigenvalue weighted by molar-refractivity contribution is 0.423. The smallest absolute Gasteiger partial charge is 0.173 e. The maximum atomic E-state index is 13.9. The Kier molecular flexibility index (Phi) is 6.28. The number of nitrogens with zero attached hydrogens (tertiary/aromatic N) is 2.